The first-order chi connectivity index (χ1) is 8.40. The van der Waals surface area contributed by atoms with Gasteiger partial charge in [-0.05, 0) is 48.4 Å². The molecule has 2 nitrogen and oxygen atoms in total. The lowest BCUT2D eigenvalue weighted by atomic mass is 9.78. The minimum Gasteiger partial charge on any atom is -0.481 e. The monoisotopic (exact) mass is 250 g/mol. The van der Waals surface area contributed by atoms with Gasteiger partial charge in [0.25, 0.3) is 0 Å². The van der Waals surface area contributed by atoms with E-state index in [0.717, 1.165) is 31.2 Å². The number of aliphatic carboxylic acids is 1. The highest BCUT2D eigenvalue weighted by atomic mass is 19.1. The molecule has 0 bridgehead atoms. The van der Waals surface area contributed by atoms with Gasteiger partial charge in [0.05, 0.1) is 6.42 Å². The molecule has 0 unspecified atom stereocenters. The average Bonchev–Trinajstić information content (AvgIpc) is 2.26. The third kappa shape index (κ3) is 2.55. The highest BCUT2D eigenvalue weighted by molar-refractivity contribution is 5.69. The van der Waals surface area contributed by atoms with Gasteiger partial charge in [-0.15, -0.1) is 0 Å². The molecule has 0 atom stereocenters. The van der Waals surface area contributed by atoms with E-state index < -0.39 is 11.4 Å². The minimum atomic E-state index is -0.892. The second-order valence-corrected chi connectivity index (χ2v) is 5.76. The van der Waals surface area contributed by atoms with Gasteiger partial charge in [-0.3, -0.25) is 4.79 Å². The van der Waals surface area contributed by atoms with Gasteiger partial charge in [-0.1, -0.05) is 19.9 Å². The van der Waals surface area contributed by atoms with Gasteiger partial charge in [0.2, 0.25) is 0 Å². The van der Waals surface area contributed by atoms with Crippen molar-refractivity contribution >= 4 is 5.97 Å². The van der Waals surface area contributed by atoms with E-state index in [4.69, 9.17) is 5.11 Å². The zero-order chi connectivity index (χ0) is 13.3. The zero-order valence-electron chi connectivity index (χ0n) is 10.9. The van der Waals surface area contributed by atoms with Crippen molar-refractivity contribution in [2.75, 3.05) is 0 Å². The minimum absolute atomic E-state index is 0.0529. The molecule has 1 aromatic rings. The Bertz CT molecular complexity index is 478. The Balaban J connectivity index is 2.41. The van der Waals surface area contributed by atoms with E-state index >= 15 is 0 Å². The molecule has 0 radical (unpaired) electrons. The van der Waals surface area contributed by atoms with E-state index in [9.17, 15) is 9.18 Å². The summed E-state index contributed by atoms with van der Waals surface area (Å²) in [6, 6.07) is 3.49. The van der Waals surface area contributed by atoms with Crippen LogP contribution in [0.4, 0.5) is 4.39 Å². The molecule has 98 valence electrons. The van der Waals surface area contributed by atoms with E-state index in [2.05, 4.69) is 0 Å². The topological polar surface area (TPSA) is 37.3 Å². The van der Waals surface area contributed by atoms with E-state index in [1.165, 1.54) is 5.56 Å². The van der Waals surface area contributed by atoms with E-state index in [-0.39, 0.29) is 12.2 Å². The number of aryl methyl sites for hydroxylation is 2. The number of carboxylic acids is 1. The van der Waals surface area contributed by atoms with Crippen LogP contribution in [-0.4, -0.2) is 11.1 Å². The molecular weight excluding hydrogens is 231 g/mol. The molecule has 0 saturated heterocycles. The largest absolute Gasteiger partial charge is 0.481 e. The molecular formula is C15H19FO2. The number of benzene rings is 1. The summed E-state index contributed by atoms with van der Waals surface area (Å²) in [5.74, 6) is -1.15. The maximum Gasteiger partial charge on any atom is 0.304 e. The summed E-state index contributed by atoms with van der Waals surface area (Å²) >= 11 is 0. The van der Waals surface area contributed by atoms with Crippen molar-refractivity contribution in [3.8, 4) is 0 Å². The van der Waals surface area contributed by atoms with Crippen LogP contribution < -0.4 is 0 Å². The van der Waals surface area contributed by atoms with E-state index in [0.29, 0.717) is 5.56 Å². The molecule has 1 N–H and O–H groups in total. The van der Waals surface area contributed by atoms with Gasteiger partial charge in [0, 0.05) is 5.41 Å². The van der Waals surface area contributed by atoms with Gasteiger partial charge < -0.3 is 5.11 Å². The molecule has 1 aromatic carbocycles. The van der Waals surface area contributed by atoms with Crippen LogP contribution in [0.3, 0.4) is 0 Å². The fraction of sp³-hybridized carbons (Fsp3) is 0.533. The average molecular weight is 250 g/mol. The molecule has 1 aliphatic carbocycles. The summed E-state index contributed by atoms with van der Waals surface area (Å²) < 4.78 is 14.1. The lowest BCUT2D eigenvalue weighted by molar-refractivity contribution is -0.138. The van der Waals surface area contributed by atoms with Gasteiger partial charge in [0.15, 0.2) is 0 Å². The van der Waals surface area contributed by atoms with Crippen LogP contribution in [-0.2, 0) is 23.1 Å². The lowest BCUT2D eigenvalue weighted by Crippen LogP contribution is -2.24. The maximum atomic E-state index is 14.1. The number of carboxylic acid groups (broad SMARTS) is 1. The molecule has 0 heterocycles. The SMILES string of the molecule is CC(C)(CC(=O)O)c1cc2c(cc1F)CCCC2. The van der Waals surface area contributed by atoms with E-state index in [1.807, 2.05) is 6.07 Å². The fourth-order valence-electron chi connectivity index (χ4n) is 2.75. The second-order valence-electron chi connectivity index (χ2n) is 5.76. The van der Waals surface area contributed by atoms with Crippen LogP contribution in [0.2, 0.25) is 0 Å². The molecule has 18 heavy (non-hydrogen) atoms. The smallest absolute Gasteiger partial charge is 0.304 e. The highest BCUT2D eigenvalue weighted by Gasteiger charge is 2.28. The molecule has 2 rings (SSSR count). The first-order valence-electron chi connectivity index (χ1n) is 6.44. The Morgan fingerprint density at radius 2 is 1.83 bits per heavy atom. The summed E-state index contributed by atoms with van der Waals surface area (Å²) in [6.45, 7) is 3.57. The Labute approximate surface area is 107 Å². The molecule has 0 amide bonds. The first-order valence-corrected chi connectivity index (χ1v) is 6.44. The molecule has 0 fully saturated rings. The lowest BCUT2D eigenvalue weighted by Gasteiger charge is -2.26. The Kier molecular flexibility index (Phi) is 3.42. The van der Waals surface area contributed by atoms with Crippen molar-refractivity contribution in [2.45, 2.75) is 51.4 Å². The van der Waals surface area contributed by atoms with Gasteiger partial charge >= 0.3 is 5.97 Å². The third-order valence-electron chi connectivity index (χ3n) is 3.75. The molecule has 0 aromatic heterocycles. The predicted octanol–water partition coefficient (Wildman–Crippen LogP) is 3.46. The fourth-order valence-corrected chi connectivity index (χ4v) is 2.75. The van der Waals surface area contributed by atoms with Crippen molar-refractivity contribution in [3.05, 3.63) is 34.6 Å². The Morgan fingerprint density at radius 1 is 1.28 bits per heavy atom. The third-order valence-corrected chi connectivity index (χ3v) is 3.75. The Hall–Kier alpha value is -1.38. The van der Waals surface area contributed by atoms with Crippen LogP contribution in [0.25, 0.3) is 0 Å². The van der Waals surface area contributed by atoms with Gasteiger partial charge in [-0.2, -0.15) is 0 Å². The summed E-state index contributed by atoms with van der Waals surface area (Å²) in [4.78, 5) is 10.9. The number of carbonyl (C=O) groups is 1. The van der Waals surface area contributed by atoms with Crippen LogP contribution in [0.5, 0.6) is 0 Å². The predicted molar refractivity (Wildman–Crippen MR) is 68.3 cm³/mol. The summed E-state index contributed by atoms with van der Waals surface area (Å²) in [6.07, 6.45) is 4.11. The standard InChI is InChI=1S/C15H19FO2/c1-15(2,9-14(17)18)12-7-10-5-3-4-6-11(10)8-13(12)16/h7-8H,3-6,9H2,1-2H3,(H,17,18). The number of halogens is 1. The van der Waals surface area contributed by atoms with Crippen molar-refractivity contribution in [2.24, 2.45) is 0 Å². The zero-order valence-corrected chi connectivity index (χ0v) is 10.9. The van der Waals surface area contributed by atoms with Crippen molar-refractivity contribution in [3.63, 3.8) is 0 Å². The molecule has 3 heteroatoms. The molecule has 0 spiro atoms. The van der Waals surface area contributed by atoms with Crippen molar-refractivity contribution < 1.29 is 14.3 Å². The number of fused-ring (bicyclic) bond motifs is 1. The summed E-state index contributed by atoms with van der Waals surface area (Å²) in [5, 5.41) is 8.92. The van der Waals surface area contributed by atoms with Crippen molar-refractivity contribution in [1.29, 1.82) is 0 Å². The highest BCUT2D eigenvalue weighted by Crippen LogP contribution is 2.33. The molecule has 1 aliphatic rings. The Morgan fingerprint density at radius 3 is 2.39 bits per heavy atom. The quantitative estimate of drug-likeness (QED) is 0.892. The van der Waals surface area contributed by atoms with Crippen molar-refractivity contribution in [1.82, 2.24) is 0 Å². The van der Waals surface area contributed by atoms with E-state index in [1.54, 1.807) is 19.9 Å². The van der Waals surface area contributed by atoms with Crippen LogP contribution in [0, 0.1) is 5.82 Å². The second kappa shape index (κ2) is 4.71. The summed E-state index contributed by atoms with van der Waals surface area (Å²) in [5.41, 5.74) is 2.15. The van der Waals surface area contributed by atoms with Gasteiger partial charge in [0.1, 0.15) is 5.82 Å². The first kappa shape index (κ1) is 13.1. The number of rotatable bonds is 3. The maximum absolute atomic E-state index is 14.1. The number of hydrogen-bond acceptors (Lipinski definition) is 1. The summed E-state index contributed by atoms with van der Waals surface area (Å²) in [7, 11) is 0. The molecule has 0 saturated carbocycles. The molecule has 0 aliphatic heterocycles. The van der Waals surface area contributed by atoms with Crippen LogP contribution >= 0.6 is 0 Å². The number of hydrogen-bond donors (Lipinski definition) is 1. The normalized spacial score (nSPS) is 15.3. The van der Waals surface area contributed by atoms with Crippen LogP contribution in [0.1, 0.15) is 49.8 Å². The van der Waals surface area contributed by atoms with Crippen LogP contribution in [0.15, 0.2) is 12.1 Å². The van der Waals surface area contributed by atoms with Gasteiger partial charge in [-0.25, -0.2) is 4.39 Å².